The number of rotatable bonds is 3. The van der Waals surface area contributed by atoms with Crippen LogP contribution in [0.2, 0.25) is 5.02 Å². The number of carbonyl (C=O) groups is 2. The summed E-state index contributed by atoms with van der Waals surface area (Å²) in [5.41, 5.74) is 3.07. The van der Waals surface area contributed by atoms with Crippen molar-refractivity contribution in [1.29, 1.82) is 0 Å². The summed E-state index contributed by atoms with van der Waals surface area (Å²) in [4.78, 5) is 27.1. The quantitative estimate of drug-likeness (QED) is 0.659. The van der Waals surface area contributed by atoms with Gasteiger partial charge in [-0.2, -0.15) is 5.10 Å². The van der Waals surface area contributed by atoms with E-state index in [1.54, 1.807) is 6.20 Å². The Balaban J connectivity index is 1.43. The van der Waals surface area contributed by atoms with Crippen LogP contribution in [0.5, 0.6) is 0 Å². The highest BCUT2D eigenvalue weighted by Crippen LogP contribution is 2.35. The summed E-state index contributed by atoms with van der Waals surface area (Å²) in [7, 11) is 0. The predicted molar refractivity (Wildman–Crippen MR) is 121 cm³/mol. The van der Waals surface area contributed by atoms with Crippen LogP contribution in [0, 0.1) is 5.92 Å². The molecule has 0 radical (unpaired) electrons. The Kier molecular flexibility index (Phi) is 6.05. The van der Waals surface area contributed by atoms with E-state index in [-0.39, 0.29) is 11.8 Å². The van der Waals surface area contributed by atoms with Gasteiger partial charge in [-0.1, -0.05) is 27.5 Å². The Morgan fingerprint density at radius 1 is 1.29 bits per heavy atom. The van der Waals surface area contributed by atoms with Gasteiger partial charge in [0.25, 0.3) is 5.91 Å². The molecule has 1 unspecified atom stereocenters. The molecule has 31 heavy (non-hydrogen) atoms. The van der Waals surface area contributed by atoms with Crippen molar-refractivity contribution >= 4 is 39.5 Å². The number of nitrogens with one attached hydrogen (secondary N) is 1. The molecule has 3 heterocycles. The molecule has 9 heteroatoms. The Morgan fingerprint density at radius 3 is 2.74 bits per heavy atom. The largest absolute Gasteiger partial charge is 0.444 e. The van der Waals surface area contributed by atoms with Crippen molar-refractivity contribution in [3.05, 3.63) is 50.2 Å². The smallest absolute Gasteiger partial charge is 0.407 e. The fourth-order valence-electron chi connectivity index (χ4n) is 4.12. The molecule has 2 amide bonds. The average Bonchev–Trinajstić information content (AvgIpc) is 3.32. The molecule has 7 nitrogen and oxygen atoms in total. The lowest BCUT2D eigenvalue weighted by Crippen LogP contribution is -2.37. The molecule has 1 aromatic carbocycles. The number of hydrogen-bond acceptors (Lipinski definition) is 4. The van der Waals surface area contributed by atoms with Crippen LogP contribution in [0.15, 0.2) is 22.8 Å². The fourth-order valence-corrected chi connectivity index (χ4v) is 4.86. The highest BCUT2D eigenvalue weighted by molar-refractivity contribution is 9.10. The lowest BCUT2D eigenvalue weighted by atomic mass is 9.94. The Hall–Kier alpha value is -2.06. The van der Waals surface area contributed by atoms with Crippen LogP contribution in [-0.4, -0.2) is 38.8 Å². The summed E-state index contributed by atoms with van der Waals surface area (Å²) in [5.74, 6) is 0.184. The van der Waals surface area contributed by atoms with Crippen LogP contribution >= 0.6 is 27.5 Å². The molecule has 0 spiro atoms. The normalized spacial score (nSPS) is 17.8. The zero-order valence-corrected chi connectivity index (χ0v) is 20.2. The van der Waals surface area contributed by atoms with Gasteiger partial charge in [0, 0.05) is 35.7 Å². The van der Waals surface area contributed by atoms with Crippen LogP contribution in [-0.2, 0) is 30.8 Å². The Morgan fingerprint density at radius 2 is 2.03 bits per heavy atom. The van der Waals surface area contributed by atoms with E-state index in [1.807, 2.05) is 42.5 Å². The minimum absolute atomic E-state index is 0.0406. The molecule has 0 saturated carbocycles. The molecule has 0 fully saturated rings. The first kappa shape index (κ1) is 22.1. The van der Waals surface area contributed by atoms with E-state index in [0.29, 0.717) is 36.6 Å². The van der Waals surface area contributed by atoms with E-state index in [1.165, 1.54) is 0 Å². The number of nitrogens with zero attached hydrogens (tertiary/aromatic N) is 3. The zero-order valence-electron chi connectivity index (χ0n) is 17.9. The zero-order chi connectivity index (χ0) is 22.3. The van der Waals surface area contributed by atoms with Crippen LogP contribution in [0.1, 0.15) is 54.4 Å². The molecule has 2 aliphatic rings. The third kappa shape index (κ3) is 4.75. The molecular weight excluding hydrogens is 484 g/mol. The summed E-state index contributed by atoms with van der Waals surface area (Å²) in [6.07, 6.45) is 2.82. The van der Waals surface area contributed by atoms with Crippen molar-refractivity contribution in [2.75, 3.05) is 6.54 Å². The van der Waals surface area contributed by atoms with E-state index in [0.717, 1.165) is 34.3 Å². The minimum atomic E-state index is -0.528. The standard InChI is InChI=1S/C22H26BrClN4O3/c1-22(2,3)31-21(30)25-9-13-6-7-28-19(8-13)14(10-26-28)20(29)27-11-15-16(12-27)18(24)5-4-17(15)23/h4-5,10,13H,6-9,11-12H2,1-3H3,(H,25,30). The van der Waals surface area contributed by atoms with E-state index in [9.17, 15) is 9.59 Å². The molecule has 0 aliphatic carbocycles. The van der Waals surface area contributed by atoms with Crippen LogP contribution in [0.3, 0.4) is 0 Å². The maximum absolute atomic E-state index is 13.3. The Bertz CT molecular complexity index is 999. The van der Waals surface area contributed by atoms with Crippen molar-refractivity contribution in [2.24, 2.45) is 5.92 Å². The van der Waals surface area contributed by atoms with Crippen LogP contribution in [0.4, 0.5) is 4.79 Å². The molecule has 0 bridgehead atoms. The lowest BCUT2D eigenvalue weighted by Gasteiger charge is -2.26. The number of halogens is 2. The van der Waals surface area contributed by atoms with E-state index in [4.69, 9.17) is 16.3 Å². The van der Waals surface area contributed by atoms with Gasteiger partial charge in [0.2, 0.25) is 0 Å². The van der Waals surface area contributed by atoms with E-state index in [2.05, 4.69) is 26.3 Å². The van der Waals surface area contributed by atoms with Crippen molar-refractivity contribution in [1.82, 2.24) is 20.0 Å². The molecule has 1 aromatic heterocycles. The van der Waals surface area contributed by atoms with Gasteiger partial charge in [-0.05, 0) is 62.8 Å². The van der Waals surface area contributed by atoms with Crippen LogP contribution in [0.25, 0.3) is 0 Å². The highest BCUT2D eigenvalue weighted by Gasteiger charge is 2.32. The monoisotopic (exact) mass is 508 g/mol. The van der Waals surface area contributed by atoms with Gasteiger partial charge < -0.3 is 15.0 Å². The minimum Gasteiger partial charge on any atom is -0.444 e. The summed E-state index contributed by atoms with van der Waals surface area (Å²) in [5, 5.41) is 7.97. The third-order valence-corrected chi connectivity index (χ3v) is 6.74. The summed E-state index contributed by atoms with van der Waals surface area (Å²) < 4.78 is 8.19. The SMILES string of the molecule is CC(C)(C)OC(=O)NCC1CCn2ncc(C(=O)N3Cc4c(Cl)ccc(Br)c4C3)c2C1. The maximum atomic E-state index is 13.3. The third-order valence-electron chi connectivity index (χ3n) is 5.65. The van der Waals surface area contributed by atoms with Gasteiger partial charge in [0.1, 0.15) is 5.60 Å². The second kappa shape index (κ2) is 8.47. The summed E-state index contributed by atoms with van der Waals surface area (Å²) in [6.45, 7) is 7.75. The number of ether oxygens (including phenoxy) is 1. The average molecular weight is 510 g/mol. The predicted octanol–water partition coefficient (Wildman–Crippen LogP) is 4.54. The van der Waals surface area contributed by atoms with E-state index < -0.39 is 11.7 Å². The molecule has 1 N–H and O–H groups in total. The van der Waals surface area contributed by atoms with Crippen molar-refractivity contribution in [3.63, 3.8) is 0 Å². The highest BCUT2D eigenvalue weighted by atomic mass is 79.9. The van der Waals surface area contributed by atoms with Crippen molar-refractivity contribution < 1.29 is 14.3 Å². The van der Waals surface area contributed by atoms with E-state index >= 15 is 0 Å². The molecule has 166 valence electrons. The number of aromatic nitrogens is 2. The van der Waals surface area contributed by atoms with Crippen molar-refractivity contribution in [3.8, 4) is 0 Å². The number of benzene rings is 1. The number of carbonyl (C=O) groups excluding carboxylic acids is 2. The first-order chi connectivity index (χ1) is 14.6. The lowest BCUT2D eigenvalue weighted by molar-refractivity contribution is 0.0515. The maximum Gasteiger partial charge on any atom is 0.407 e. The molecule has 1 atom stereocenters. The van der Waals surface area contributed by atoms with Crippen LogP contribution < -0.4 is 5.32 Å². The number of fused-ring (bicyclic) bond motifs is 2. The van der Waals surface area contributed by atoms with Gasteiger partial charge in [-0.3, -0.25) is 9.48 Å². The van der Waals surface area contributed by atoms with Gasteiger partial charge in [0.15, 0.2) is 0 Å². The number of hydrogen-bond donors (Lipinski definition) is 1. The molecule has 0 saturated heterocycles. The first-order valence-corrected chi connectivity index (χ1v) is 11.6. The van der Waals surface area contributed by atoms with Gasteiger partial charge in [-0.15, -0.1) is 0 Å². The van der Waals surface area contributed by atoms with Crippen molar-refractivity contribution in [2.45, 2.75) is 58.8 Å². The second-order valence-corrected chi connectivity index (χ2v) is 10.4. The topological polar surface area (TPSA) is 76.5 Å². The second-order valence-electron chi connectivity index (χ2n) is 9.12. The molecule has 2 aromatic rings. The molecular formula is C22H26BrClN4O3. The number of amides is 2. The molecule has 2 aliphatic heterocycles. The fraction of sp³-hybridized carbons (Fsp3) is 0.500. The number of alkyl carbamates (subject to hydrolysis) is 1. The van der Waals surface area contributed by atoms with Gasteiger partial charge >= 0.3 is 6.09 Å². The summed E-state index contributed by atoms with van der Waals surface area (Å²) in [6, 6.07) is 3.77. The Labute approximate surface area is 195 Å². The molecule has 4 rings (SSSR count). The van der Waals surface area contributed by atoms with Gasteiger partial charge in [-0.25, -0.2) is 4.79 Å². The van der Waals surface area contributed by atoms with Gasteiger partial charge in [0.05, 0.1) is 17.5 Å². The summed E-state index contributed by atoms with van der Waals surface area (Å²) >= 11 is 9.92. The number of aryl methyl sites for hydroxylation is 1. The first-order valence-electron chi connectivity index (χ1n) is 10.4.